The first kappa shape index (κ1) is 12.2. The Morgan fingerprint density at radius 2 is 2.07 bits per heavy atom. The van der Waals surface area contributed by atoms with E-state index < -0.39 is 0 Å². The van der Waals surface area contributed by atoms with Gasteiger partial charge in [-0.05, 0) is 19.8 Å². The van der Waals surface area contributed by atoms with Crippen molar-refractivity contribution in [1.82, 2.24) is 9.80 Å². The average Bonchev–Trinajstić information content (AvgIpc) is 2.67. The van der Waals surface area contributed by atoms with E-state index in [0.29, 0.717) is 11.4 Å². The van der Waals surface area contributed by atoms with Gasteiger partial charge >= 0.3 is 6.03 Å². The normalized spacial score (nSPS) is 17.6. The third-order valence-corrected chi connectivity index (χ3v) is 3.00. The molecule has 4 nitrogen and oxygen atoms in total. The maximum Gasteiger partial charge on any atom is 0.319 e. The first-order valence-electron chi connectivity index (χ1n) is 5.32. The fraction of sp³-hybridized carbons (Fsp3) is 0.800. The van der Waals surface area contributed by atoms with Crippen LogP contribution in [-0.4, -0.2) is 47.0 Å². The summed E-state index contributed by atoms with van der Waals surface area (Å²) in [7, 11) is 1.81. The Labute approximate surface area is 96.4 Å². The maximum atomic E-state index is 11.9. The highest BCUT2D eigenvalue weighted by atomic mass is 32.1. The molecule has 2 N–H and O–H groups in total. The standard InChI is InChI=1S/C10H19N3OS/c1-8(7-9(11)15)12(2)10(14)13-5-3-4-6-13/h8H,3-7H2,1-2H3,(H2,11,15). The van der Waals surface area contributed by atoms with Gasteiger partial charge in [0.1, 0.15) is 0 Å². The van der Waals surface area contributed by atoms with Gasteiger partial charge in [0.05, 0.1) is 4.99 Å². The maximum absolute atomic E-state index is 11.9. The molecule has 0 saturated carbocycles. The lowest BCUT2D eigenvalue weighted by atomic mass is 10.2. The number of carbonyl (C=O) groups is 1. The zero-order chi connectivity index (χ0) is 11.4. The van der Waals surface area contributed by atoms with E-state index in [4.69, 9.17) is 18.0 Å². The fourth-order valence-corrected chi connectivity index (χ4v) is 1.99. The first-order chi connectivity index (χ1) is 7.02. The summed E-state index contributed by atoms with van der Waals surface area (Å²) in [5.74, 6) is 0. The van der Waals surface area contributed by atoms with Gasteiger partial charge in [0.2, 0.25) is 0 Å². The molecule has 15 heavy (non-hydrogen) atoms. The number of urea groups is 1. The molecule has 0 aromatic heterocycles. The largest absolute Gasteiger partial charge is 0.393 e. The van der Waals surface area contributed by atoms with Crippen LogP contribution in [0.25, 0.3) is 0 Å². The predicted octanol–water partition coefficient (Wildman–Crippen LogP) is 1.20. The highest BCUT2D eigenvalue weighted by Gasteiger charge is 2.24. The molecule has 0 aliphatic carbocycles. The number of amides is 2. The van der Waals surface area contributed by atoms with Crippen molar-refractivity contribution in [3.05, 3.63) is 0 Å². The lowest BCUT2D eigenvalue weighted by Crippen LogP contribution is -2.44. The first-order valence-corrected chi connectivity index (χ1v) is 5.73. The summed E-state index contributed by atoms with van der Waals surface area (Å²) in [6.07, 6.45) is 2.82. The molecule has 1 aliphatic heterocycles. The summed E-state index contributed by atoms with van der Waals surface area (Å²) < 4.78 is 0. The molecule has 1 saturated heterocycles. The van der Waals surface area contributed by atoms with Gasteiger partial charge in [-0.1, -0.05) is 12.2 Å². The third-order valence-electron chi connectivity index (χ3n) is 2.84. The van der Waals surface area contributed by atoms with Crippen LogP contribution < -0.4 is 5.73 Å². The van der Waals surface area contributed by atoms with Crippen molar-refractivity contribution in [2.24, 2.45) is 5.73 Å². The molecule has 1 rings (SSSR count). The van der Waals surface area contributed by atoms with Crippen molar-refractivity contribution in [1.29, 1.82) is 0 Å². The van der Waals surface area contributed by atoms with E-state index in [2.05, 4.69) is 0 Å². The van der Waals surface area contributed by atoms with Crippen molar-refractivity contribution in [3.63, 3.8) is 0 Å². The summed E-state index contributed by atoms with van der Waals surface area (Å²) >= 11 is 4.84. The monoisotopic (exact) mass is 229 g/mol. The molecule has 1 fully saturated rings. The molecule has 0 spiro atoms. The van der Waals surface area contributed by atoms with Crippen molar-refractivity contribution in [3.8, 4) is 0 Å². The zero-order valence-electron chi connectivity index (χ0n) is 9.40. The van der Waals surface area contributed by atoms with Crippen LogP contribution in [0.1, 0.15) is 26.2 Å². The molecule has 2 amide bonds. The van der Waals surface area contributed by atoms with Crippen LogP contribution in [-0.2, 0) is 0 Å². The van der Waals surface area contributed by atoms with Crippen molar-refractivity contribution in [2.45, 2.75) is 32.2 Å². The van der Waals surface area contributed by atoms with Crippen molar-refractivity contribution < 1.29 is 4.79 Å². The number of nitrogens with zero attached hydrogens (tertiary/aromatic N) is 2. The van der Waals surface area contributed by atoms with Gasteiger partial charge in [0.25, 0.3) is 0 Å². The van der Waals surface area contributed by atoms with Gasteiger partial charge in [0, 0.05) is 32.6 Å². The van der Waals surface area contributed by atoms with Crippen molar-refractivity contribution >= 4 is 23.2 Å². The van der Waals surface area contributed by atoms with Crippen LogP contribution in [0.3, 0.4) is 0 Å². The molecule has 86 valence electrons. The van der Waals surface area contributed by atoms with Crippen LogP contribution in [0.5, 0.6) is 0 Å². The van der Waals surface area contributed by atoms with E-state index >= 15 is 0 Å². The number of likely N-dealkylation sites (tertiary alicyclic amines) is 1. The summed E-state index contributed by atoms with van der Waals surface area (Å²) in [5.41, 5.74) is 5.46. The van der Waals surface area contributed by atoms with Crippen LogP contribution in [0.4, 0.5) is 4.79 Å². The number of hydrogen-bond acceptors (Lipinski definition) is 2. The lowest BCUT2D eigenvalue weighted by Gasteiger charge is -2.29. The molecule has 0 aromatic carbocycles. The minimum Gasteiger partial charge on any atom is -0.393 e. The smallest absolute Gasteiger partial charge is 0.319 e. The minimum atomic E-state index is 0.0793. The summed E-state index contributed by atoms with van der Waals surface area (Å²) in [6.45, 7) is 3.72. The minimum absolute atomic E-state index is 0.0793. The van der Waals surface area contributed by atoms with Gasteiger partial charge in [-0.15, -0.1) is 0 Å². The van der Waals surface area contributed by atoms with E-state index in [1.54, 1.807) is 4.90 Å². The zero-order valence-corrected chi connectivity index (χ0v) is 10.2. The Hall–Kier alpha value is -0.840. The topological polar surface area (TPSA) is 49.6 Å². The number of thiocarbonyl (C=S) groups is 1. The second-order valence-corrected chi connectivity index (χ2v) is 4.63. The quantitative estimate of drug-likeness (QED) is 0.740. The Bertz CT molecular complexity index is 251. The Morgan fingerprint density at radius 1 is 1.53 bits per heavy atom. The van der Waals surface area contributed by atoms with Crippen LogP contribution >= 0.6 is 12.2 Å². The van der Waals surface area contributed by atoms with Gasteiger partial charge in [-0.2, -0.15) is 0 Å². The number of carbonyl (C=O) groups excluding carboxylic acids is 1. The van der Waals surface area contributed by atoms with Gasteiger partial charge in [-0.25, -0.2) is 4.79 Å². The lowest BCUT2D eigenvalue weighted by molar-refractivity contribution is 0.160. The molecule has 1 heterocycles. The molecule has 0 radical (unpaired) electrons. The van der Waals surface area contributed by atoms with Gasteiger partial charge < -0.3 is 15.5 Å². The summed E-state index contributed by atoms with van der Waals surface area (Å²) in [5, 5.41) is 0. The van der Waals surface area contributed by atoms with Crippen LogP contribution in [0.15, 0.2) is 0 Å². The fourth-order valence-electron chi connectivity index (χ4n) is 1.75. The highest BCUT2D eigenvalue weighted by molar-refractivity contribution is 7.80. The second-order valence-electron chi connectivity index (χ2n) is 4.11. The molecule has 0 aromatic rings. The predicted molar refractivity (Wildman–Crippen MR) is 64.8 cm³/mol. The van der Waals surface area contributed by atoms with Crippen LogP contribution in [0.2, 0.25) is 0 Å². The van der Waals surface area contributed by atoms with E-state index in [1.165, 1.54) is 0 Å². The van der Waals surface area contributed by atoms with Crippen LogP contribution in [0, 0.1) is 0 Å². The molecule has 0 bridgehead atoms. The summed E-state index contributed by atoms with van der Waals surface area (Å²) in [4.78, 5) is 16.0. The Kier molecular flexibility index (Phi) is 4.32. The molecular weight excluding hydrogens is 210 g/mol. The third kappa shape index (κ3) is 3.34. The summed E-state index contributed by atoms with van der Waals surface area (Å²) in [6, 6.07) is 0.173. The van der Waals surface area contributed by atoms with Crippen molar-refractivity contribution in [2.75, 3.05) is 20.1 Å². The highest BCUT2D eigenvalue weighted by Crippen LogP contribution is 2.12. The number of rotatable bonds is 3. The molecule has 1 aliphatic rings. The molecule has 1 unspecified atom stereocenters. The molecular formula is C10H19N3OS. The van der Waals surface area contributed by atoms with E-state index in [1.807, 2.05) is 18.9 Å². The molecule has 5 heteroatoms. The number of nitrogens with two attached hydrogens (primary N) is 1. The Morgan fingerprint density at radius 3 is 2.53 bits per heavy atom. The van der Waals surface area contributed by atoms with Gasteiger partial charge in [0.15, 0.2) is 0 Å². The average molecular weight is 229 g/mol. The Balaban J connectivity index is 2.47. The SMILES string of the molecule is CC(CC(N)=S)N(C)C(=O)N1CCCC1. The molecule has 1 atom stereocenters. The van der Waals surface area contributed by atoms with E-state index in [-0.39, 0.29) is 12.1 Å². The van der Waals surface area contributed by atoms with E-state index in [0.717, 1.165) is 25.9 Å². The van der Waals surface area contributed by atoms with E-state index in [9.17, 15) is 4.79 Å². The second kappa shape index (κ2) is 5.30. The van der Waals surface area contributed by atoms with Gasteiger partial charge in [-0.3, -0.25) is 0 Å². The number of hydrogen-bond donors (Lipinski definition) is 1.